The molecule has 2 amide bonds. The first-order valence-corrected chi connectivity index (χ1v) is 16.8. The second-order valence-corrected chi connectivity index (χ2v) is 14.8. The molecule has 0 atom stereocenters. The van der Waals surface area contributed by atoms with Crippen LogP contribution in [-0.4, -0.2) is 28.8 Å². The van der Waals surface area contributed by atoms with E-state index in [1.165, 1.54) is 41.8 Å². The van der Waals surface area contributed by atoms with Crippen molar-refractivity contribution in [2.24, 2.45) is 0 Å². The van der Waals surface area contributed by atoms with Gasteiger partial charge in [-0.05, 0) is 62.4 Å². The van der Waals surface area contributed by atoms with Gasteiger partial charge in [-0.25, -0.2) is 17.6 Å². The molecular formula is C33H41AuF4NO2P. The summed E-state index contributed by atoms with van der Waals surface area (Å²) in [5, 5.41) is 2.67. The van der Waals surface area contributed by atoms with E-state index >= 15 is 0 Å². The molecule has 3 saturated carbocycles. The van der Waals surface area contributed by atoms with Crippen LogP contribution in [0.3, 0.4) is 0 Å². The number of nitrogens with zero attached hydrogens (tertiary/aromatic N) is 1. The van der Waals surface area contributed by atoms with Crippen molar-refractivity contribution in [3.05, 3.63) is 75.6 Å². The van der Waals surface area contributed by atoms with Gasteiger partial charge in [0.1, 0.15) is 0 Å². The summed E-state index contributed by atoms with van der Waals surface area (Å²) in [6.45, 7) is 2.08. The molecule has 3 nitrogen and oxygen atoms in total. The second kappa shape index (κ2) is 17.1. The summed E-state index contributed by atoms with van der Waals surface area (Å²) < 4.78 is 51.2. The Hall–Kier alpha value is -1.53. The maximum absolute atomic E-state index is 13.0. The van der Waals surface area contributed by atoms with Crippen molar-refractivity contribution < 1.29 is 49.5 Å². The molecule has 1 aliphatic heterocycles. The van der Waals surface area contributed by atoms with Crippen LogP contribution < -0.4 is 0 Å². The standard InChI is InChI=1S/C18H33P.C8HF4NO2.C7H8.Au/c1-4-10-16(11-5-1)19(17-12-6-2-7-13-17)18-14-8-3-9-15-18;9-3-1-2(8(15)13-7(1)14)4(10)6(12)5(3)11;1-7-5-3-2-4-6-7;/h16-18H,1-15H2;(H,13,14,15);2-6H,1H3;/q;;;+1/p-1. The van der Waals surface area contributed by atoms with Crippen molar-refractivity contribution in [1.29, 1.82) is 0 Å². The molecule has 4 aliphatic rings. The van der Waals surface area contributed by atoms with E-state index in [1.54, 1.807) is 77.0 Å². The molecule has 9 heteroatoms. The summed E-state index contributed by atoms with van der Waals surface area (Å²) in [5.74, 6) is -10.9. The number of benzene rings is 2. The van der Waals surface area contributed by atoms with Crippen molar-refractivity contribution in [3.63, 3.8) is 0 Å². The SMILES string of the molecule is C1CCC(P(C2CCCCC2)C2CCCCC2)CC1.Cc1ccccc1.O=C1[N-]C(=O)c2c(F)c(F)c(F)c(F)c21.[Au+]. The number of amides is 2. The molecule has 3 aliphatic carbocycles. The van der Waals surface area contributed by atoms with E-state index in [2.05, 4.69) is 24.4 Å². The predicted octanol–water partition coefficient (Wildman–Crippen LogP) is 10.4. The summed E-state index contributed by atoms with van der Waals surface area (Å²) in [6, 6.07) is 10.3. The predicted molar refractivity (Wildman–Crippen MR) is 157 cm³/mol. The molecule has 0 N–H and O–H groups in total. The third kappa shape index (κ3) is 8.77. The number of fused-ring (bicyclic) bond motifs is 1. The van der Waals surface area contributed by atoms with Crippen LogP contribution in [0.1, 0.15) is 123 Å². The molecule has 0 spiro atoms. The quantitative estimate of drug-likeness (QED) is 0.0777. The summed E-state index contributed by atoms with van der Waals surface area (Å²) in [7, 11) is 0.385. The fourth-order valence-electron chi connectivity index (χ4n) is 6.80. The van der Waals surface area contributed by atoms with Crippen LogP contribution in [0, 0.1) is 30.2 Å². The smallest absolute Gasteiger partial charge is 0.587 e. The van der Waals surface area contributed by atoms with Gasteiger partial charge >= 0.3 is 22.4 Å². The van der Waals surface area contributed by atoms with E-state index in [9.17, 15) is 27.2 Å². The molecule has 234 valence electrons. The van der Waals surface area contributed by atoms with Crippen LogP contribution in [0.4, 0.5) is 17.6 Å². The van der Waals surface area contributed by atoms with E-state index in [0.717, 1.165) is 0 Å². The Morgan fingerprint density at radius 1 is 0.571 bits per heavy atom. The van der Waals surface area contributed by atoms with Gasteiger partial charge in [0.15, 0.2) is 23.3 Å². The van der Waals surface area contributed by atoms with Gasteiger partial charge in [-0.3, -0.25) is 0 Å². The van der Waals surface area contributed by atoms with Crippen LogP contribution in [0.25, 0.3) is 5.32 Å². The summed E-state index contributed by atoms with van der Waals surface area (Å²) in [5.41, 5.74) is 2.58. The Morgan fingerprint density at radius 3 is 1.19 bits per heavy atom. The third-order valence-corrected chi connectivity index (χ3v) is 12.9. The molecule has 3 fully saturated rings. The zero-order chi connectivity index (χ0) is 29.4. The van der Waals surface area contributed by atoms with Crippen LogP contribution in [-0.2, 0) is 22.4 Å². The Labute approximate surface area is 264 Å². The van der Waals surface area contributed by atoms with Gasteiger partial charge in [0.25, 0.3) is 0 Å². The molecule has 2 aromatic rings. The molecule has 0 radical (unpaired) electrons. The zero-order valence-electron chi connectivity index (χ0n) is 24.2. The molecule has 0 unspecified atom stereocenters. The van der Waals surface area contributed by atoms with Gasteiger partial charge in [-0.15, -0.1) is 0 Å². The van der Waals surface area contributed by atoms with Crippen LogP contribution in [0.5, 0.6) is 0 Å². The van der Waals surface area contributed by atoms with Crippen LogP contribution in [0.15, 0.2) is 30.3 Å². The molecule has 6 rings (SSSR count). The first-order valence-electron chi connectivity index (χ1n) is 15.2. The van der Waals surface area contributed by atoms with Crippen molar-refractivity contribution in [3.8, 4) is 0 Å². The van der Waals surface area contributed by atoms with E-state index in [-0.39, 0.29) is 22.4 Å². The number of halogens is 4. The minimum absolute atomic E-state index is 0. The van der Waals surface area contributed by atoms with Crippen molar-refractivity contribution >= 4 is 19.7 Å². The van der Waals surface area contributed by atoms with Crippen molar-refractivity contribution in [2.75, 3.05) is 0 Å². The summed E-state index contributed by atoms with van der Waals surface area (Å²) in [4.78, 5) is 21.7. The van der Waals surface area contributed by atoms with E-state index in [0.29, 0.717) is 7.92 Å². The maximum atomic E-state index is 13.0. The minimum atomic E-state index is -2.13. The second-order valence-electron chi connectivity index (χ2n) is 11.7. The van der Waals surface area contributed by atoms with Crippen LogP contribution in [0.2, 0.25) is 0 Å². The van der Waals surface area contributed by atoms with Gasteiger partial charge in [-0.1, -0.05) is 102 Å². The molecule has 0 aromatic heterocycles. The number of hydrogen-bond acceptors (Lipinski definition) is 2. The molecular weight excluding hydrogens is 746 g/mol. The van der Waals surface area contributed by atoms with E-state index in [1.807, 2.05) is 18.2 Å². The average molecular weight is 788 g/mol. The van der Waals surface area contributed by atoms with Gasteiger partial charge in [0.2, 0.25) is 0 Å². The normalized spacial score (nSPS) is 19.6. The number of carbonyl (C=O) groups is 2. The van der Waals surface area contributed by atoms with Crippen molar-refractivity contribution in [2.45, 2.75) is 120 Å². The van der Waals surface area contributed by atoms with E-state index < -0.39 is 46.2 Å². The van der Waals surface area contributed by atoms with Crippen molar-refractivity contribution in [1.82, 2.24) is 0 Å². The fraction of sp³-hybridized carbons (Fsp3) is 0.576. The number of carbonyl (C=O) groups excluding carboxylic acids is 2. The van der Waals surface area contributed by atoms with Gasteiger partial charge < -0.3 is 14.9 Å². The largest absolute Gasteiger partial charge is 1.00 e. The average Bonchev–Trinajstić information content (AvgIpc) is 3.31. The topological polar surface area (TPSA) is 48.2 Å². The monoisotopic (exact) mass is 787 g/mol. The Balaban J connectivity index is 0.000000188. The molecule has 0 bridgehead atoms. The molecule has 0 saturated heterocycles. The van der Waals surface area contributed by atoms with Crippen LogP contribution >= 0.6 is 7.92 Å². The number of rotatable bonds is 3. The molecule has 1 heterocycles. The first kappa shape index (κ1) is 35.0. The van der Waals surface area contributed by atoms with Gasteiger partial charge in [-0.2, -0.15) is 0 Å². The summed E-state index contributed by atoms with van der Waals surface area (Å²) in [6.07, 6.45) is 23.6. The maximum Gasteiger partial charge on any atom is 1.00 e. The molecule has 42 heavy (non-hydrogen) atoms. The Bertz CT molecular complexity index is 1090. The van der Waals surface area contributed by atoms with Gasteiger partial charge in [0.05, 0.1) is 22.9 Å². The number of hydrogen-bond donors (Lipinski definition) is 0. The molecule has 2 aromatic carbocycles. The Morgan fingerprint density at radius 2 is 0.905 bits per heavy atom. The van der Waals surface area contributed by atoms with Gasteiger partial charge in [0, 0.05) is 0 Å². The fourth-order valence-corrected chi connectivity index (χ4v) is 11.5. The number of imide groups is 1. The third-order valence-electron chi connectivity index (χ3n) is 8.83. The van der Waals surface area contributed by atoms with E-state index in [4.69, 9.17) is 0 Å². The first-order chi connectivity index (χ1) is 19.8. The number of aryl methyl sites for hydroxylation is 1. The Kier molecular flexibility index (Phi) is 14.2. The summed E-state index contributed by atoms with van der Waals surface area (Å²) >= 11 is 0. The zero-order valence-corrected chi connectivity index (χ0v) is 27.3. The minimum Gasteiger partial charge on any atom is -0.587 e.